The van der Waals surface area contributed by atoms with Crippen molar-refractivity contribution in [1.82, 2.24) is 0 Å². The Labute approximate surface area is 107 Å². The number of carbonyl (C=O) groups is 1. The summed E-state index contributed by atoms with van der Waals surface area (Å²) in [4.78, 5) is 13.3. The molecule has 1 aliphatic heterocycles. The number of anilines is 1. The molecule has 17 heavy (non-hydrogen) atoms. The van der Waals surface area contributed by atoms with Gasteiger partial charge in [0.25, 0.3) is 0 Å². The van der Waals surface area contributed by atoms with Crippen molar-refractivity contribution < 1.29 is 4.79 Å². The van der Waals surface area contributed by atoms with Gasteiger partial charge in [-0.05, 0) is 34.1 Å². The normalized spacial score (nSPS) is 18.9. The fraction of sp³-hybridized carbons (Fsp3) is 0.250. The van der Waals surface area contributed by atoms with Crippen LogP contribution in [0.3, 0.4) is 0 Å². The molecule has 0 aliphatic carbocycles. The minimum absolute atomic E-state index is 0.0537. The van der Waals surface area contributed by atoms with Crippen molar-refractivity contribution in [3.8, 4) is 12.1 Å². The lowest BCUT2D eigenvalue weighted by atomic mass is 10.1. The van der Waals surface area contributed by atoms with Gasteiger partial charge in [0, 0.05) is 17.4 Å². The summed E-state index contributed by atoms with van der Waals surface area (Å²) in [5, 5.41) is 17.6. The average molecular weight is 290 g/mol. The second-order valence-corrected chi connectivity index (χ2v) is 4.67. The molecule has 0 radical (unpaired) electrons. The zero-order valence-corrected chi connectivity index (χ0v) is 10.4. The number of hydrogen-bond donors (Lipinski definition) is 0. The van der Waals surface area contributed by atoms with Crippen molar-refractivity contribution in [2.75, 3.05) is 11.4 Å². The van der Waals surface area contributed by atoms with Gasteiger partial charge in [-0.15, -0.1) is 0 Å². The van der Waals surface area contributed by atoms with E-state index in [0.29, 0.717) is 22.3 Å². The molecule has 4 nitrogen and oxygen atoms in total. The largest absolute Gasteiger partial charge is 0.310 e. The topological polar surface area (TPSA) is 67.9 Å². The van der Waals surface area contributed by atoms with Gasteiger partial charge in [-0.25, -0.2) is 0 Å². The zero-order valence-electron chi connectivity index (χ0n) is 8.85. The second kappa shape index (κ2) is 4.57. The van der Waals surface area contributed by atoms with Crippen LogP contribution < -0.4 is 4.90 Å². The Balaban J connectivity index is 2.33. The Hall–Kier alpha value is -1.85. The molecular formula is C12H8BrN3O. The Morgan fingerprint density at radius 2 is 2.18 bits per heavy atom. The van der Waals surface area contributed by atoms with Gasteiger partial charge in [-0.2, -0.15) is 10.5 Å². The van der Waals surface area contributed by atoms with Crippen LogP contribution in [0.5, 0.6) is 0 Å². The van der Waals surface area contributed by atoms with E-state index in [1.165, 1.54) is 0 Å². The summed E-state index contributed by atoms with van der Waals surface area (Å²) < 4.78 is 0.698. The molecule has 5 heteroatoms. The molecule has 1 unspecified atom stereocenters. The number of halogens is 1. The van der Waals surface area contributed by atoms with Crippen molar-refractivity contribution in [2.24, 2.45) is 5.92 Å². The molecule has 1 heterocycles. The predicted molar refractivity (Wildman–Crippen MR) is 64.9 cm³/mol. The second-order valence-electron chi connectivity index (χ2n) is 3.81. The third-order valence-corrected chi connectivity index (χ3v) is 3.31. The van der Waals surface area contributed by atoms with E-state index in [-0.39, 0.29) is 18.2 Å². The maximum absolute atomic E-state index is 11.7. The van der Waals surface area contributed by atoms with Gasteiger partial charge in [-0.3, -0.25) is 4.79 Å². The molecular weight excluding hydrogens is 282 g/mol. The van der Waals surface area contributed by atoms with Crippen LogP contribution in [0.15, 0.2) is 22.7 Å². The summed E-state index contributed by atoms with van der Waals surface area (Å²) in [6, 6.07) is 9.19. The molecule has 0 spiro atoms. The van der Waals surface area contributed by atoms with Crippen molar-refractivity contribution in [1.29, 1.82) is 10.5 Å². The molecule has 0 aromatic heterocycles. The van der Waals surface area contributed by atoms with E-state index in [1.807, 2.05) is 6.07 Å². The molecule has 1 aromatic rings. The Kier molecular flexibility index (Phi) is 3.12. The van der Waals surface area contributed by atoms with Crippen LogP contribution in [-0.4, -0.2) is 12.5 Å². The molecule has 1 amide bonds. The summed E-state index contributed by atoms with van der Waals surface area (Å²) >= 11 is 3.34. The van der Waals surface area contributed by atoms with E-state index in [4.69, 9.17) is 10.5 Å². The quantitative estimate of drug-likeness (QED) is 0.796. The minimum atomic E-state index is -0.245. The Morgan fingerprint density at radius 3 is 2.71 bits per heavy atom. The van der Waals surface area contributed by atoms with Gasteiger partial charge in [0.05, 0.1) is 29.3 Å². The first-order valence-corrected chi connectivity index (χ1v) is 5.84. The summed E-state index contributed by atoms with van der Waals surface area (Å²) in [6.45, 7) is 0.417. The number of nitriles is 2. The lowest BCUT2D eigenvalue weighted by molar-refractivity contribution is -0.117. The number of amides is 1. The van der Waals surface area contributed by atoms with Crippen LogP contribution in [0.2, 0.25) is 0 Å². The fourth-order valence-electron chi connectivity index (χ4n) is 1.82. The zero-order chi connectivity index (χ0) is 12.4. The molecule has 0 bridgehead atoms. The molecule has 0 N–H and O–H groups in total. The third-order valence-electron chi connectivity index (χ3n) is 2.68. The van der Waals surface area contributed by atoms with Crippen LogP contribution in [0.1, 0.15) is 12.0 Å². The summed E-state index contributed by atoms with van der Waals surface area (Å²) in [5.74, 6) is -0.299. The molecule has 0 saturated carbocycles. The van der Waals surface area contributed by atoms with E-state index >= 15 is 0 Å². The first-order valence-electron chi connectivity index (χ1n) is 5.05. The van der Waals surface area contributed by atoms with Crippen LogP contribution in [0.4, 0.5) is 5.69 Å². The van der Waals surface area contributed by atoms with Crippen LogP contribution in [-0.2, 0) is 4.79 Å². The summed E-state index contributed by atoms with van der Waals surface area (Å²) in [7, 11) is 0. The Morgan fingerprint density at radius 1 is 1.41 bits per heavy atom. The number of carbonyl (C=O) groups excluding carboxylic acids is 1. The summed E-state index contributed by atoms with van der Waals surface area (Å²) in [6.07, 6.45) is 0.267. The first kappa shape index (κ1) is 11.6. The molecule has 84 valence electrons. The third kappa shape index (κ3) is 2.15. The van der Waals surface area contributed by atoms with Crippen LogP contribution >= 0.6 is 15.9 Å². The fourth-order valence-corrected chi connectivity index (χ4v) is 2.42. The van der Waals surface area contributed by atoms with E-state index < -0.39 is 0 Å². The van der Waals surface area contributed by atoms with Gasteiger partial charge in [0.1, 0.15) is 0 Å². The lowest BCUT2D eigenvalue weighted by Crippen LogP contribution is -2.24. The van der Waals surface area contributed by atoms with E-state index in [0.717, 1.165) is 0 Å². The predicted octanol–water partition coefficient (Wildman–Crippen LogP) is 2.20. The average Bonchev–Trinajstić information content (AvgIpc) is 2.70. The first-order chi connectivity index (χ1) is 8.15. The van der Waals surface area contributed by atoms with Crippen molar-refractivity contribution in [2.45, 2.75) is 6.42 Å². The highest BCUT2D eigenvalue weighted by Crippen LogP contribution is 2.31. The standard InChI is InChI=1S/C12H8BrN3O/c13-10-3-8(5-14)1-2-11(10)16-7-9(6-15)4-12(16)17/h1-3,9H,4,7H2. The van der Waals surface area contributed by atoms with Gasteiger partial charge in [0.2, 0.25) is 5.91 Å². The SMILES string of the molecule is N#Cc1ccc(N2CC(C#N)CC2=O)c(Br)c1. The highest BCUT2D eigenvalue weighted by molar-refractivity contribution is 9.10. The lowest BCUT2D eigenvalue weighted by Gasteiger charge is -2.17. The van der Waals surface area contributed by atoms with E-state index in [1.54, 1.807) is 23.1 Å². The molecule has 1 saturated heterocycles. The molecule has 1 fully saturated rings. The number of benzene rings is 1. The van der Waals surface area contributed by atoms with Crippen molar-refractivity contribution in [3.05, 3.63) is 28.2 Å². The molecule has 1 aromatic carbocycles. The van der Waals surface area contributed by atoms with Gasteiger partial charge < -0.3 is 4.90 Å². The Bertz CT molecular complexity index is 556. The number of rotatable bonds is 1. The van der Waals surface area contributed by atoms with Crippen molar-refractivity contribution >= 4 is 27.5 Å². The number of nitrogens with zero attached hydrogens (tertiary/aromatic N) is 3. The van der Waals surface area contributed by atoms with Gasteiger partial charge in [0.15, 0.2) is 0 Å². The van der Waals surface area contributed by atoms with Crippen LogP contribution in [0.25, 0.3) is 0 Å². The maximum Gasteiger partial charge on any atom is 0.228 e. The monoisotopic (exact) mass is 289 g/mol. The molecule has 1 aliphatic rings. The van der Waals surface area contributed by atoms with E-state index in [2.05, 4.69) is 22.0 Å². The van der Waals surface area contributed by atoms with Crippen molar-refractivity contribution in [3.63, 3.8) is 0 Å². The van der Waals surface area contributed by atoms with Crippen LogP contribution in [0, 0.1) is 28.6 Å². The summed E-state index contributed by atoms with van der Waals surface area (Å²) in [5.41, 5.74) is 1.25. The van der Waals surface area contributed by atoms with E-state index in [9.17, 15) is 4.79 Å². The smallest absolute Gasteiger partial charge is 0.228 e. The van der Waals surface area contributed by atoms with Gasteiger partial charge in [-0.1, -0.05) is 0 Å². The highest BCUT2D eigenvalue weighted by atomic mass is 79.9. The minimum Gasteiger partial charge on any atom is -0.310 e. The molecule has 2 rings (SSSR count). The molecule has 1 atom stereocenters. The highest BCUT2D eigenvalue weighted by Gasteiger charge is 2.31. The number of hydrogen-bond acceptors (Lipinski definition) is 3. The maximum atomic E-state index is 11.7. The van der Waals surface area contributed by atoms with Gasteiger partial charge >= 0.3 is 0 Å².